The summed E-state index contributed by atoms with van der Waals surface area (Å²) in [4.78, 5) is 55.2. The van der Waals surface area contributed by atoms with Crippen molar-refractivity contribution in [3.63, 3.8) is 0 Å². The first-order valence-electron chi connectivity index (χ1n) is 12.3. The van der Waals surface area contributed by atoms with Gasteiger partial charge in [0.05, 0.1) is 23.9 Å². The third-order valence-corrected chi connectivity index (χ3v) is 6.69. The molecule has 1 unspecified atom stereocenters. The van der Waals surface area contributed by atoms with Crippen LogP contribution in [-0.2, 0) is 20.9 Å². The molecule has 2 heterocycles. The number of anilines is 1. The number of halogens is 4. The Labute approximate surface area is 240 Å². The van der Waals surface area contributed by atoms with Crippen molar-refractivity contribution >= 4 is 45.1 Å². The summed E-state index contributed by atoms with van der Waals surface area (Å²) in [5.74, 6) is -1.46. The predicted molar refractivity (Wildman–Crippen MR) is 146 cm³/mol. The highest BCUT2D eigenvalue weighted by molar-refractivity contribution is 7.19. The van der Waals surface area contributed by atoms with Gasteiger partial charge in [0, 0.05) is 20.3 Å². The second-order valence-corrected chi connectivity index (χ2v) is 10.0. The molecule has 0 aliphatic heterocycles. The maximum atomic E-state index is 13.5. The third-order valence-electron chi connectivity index (χ3n) is 5.62. The largest absolute Gasteiger partial charge is 0.461 e. The monoisotopic (exact) mass is 613 g/mol. The van der Waals surface area contributed by atoms with Crippen LogP contribution in [-0.4, -0.2) is 72.1 Å². The van der Waals surface area contributed by atoms with Gasteiger partial charge in [-0.1, -0.05) is 12.1 Å². The van der Waals surface area contributed by atoms with Gasteiger partial charge < -0.3 is 29.6 Å². The van der Waals surface area contributed by atoms with Gasteiger partial charge >= 0.3 is 18.6 Å². The van der Waals surface area contributed by atoms with Crippen LogP contribution in [0.2, 0.25) is 0 Å². The molecule has 1 aromatic carbocycles. The Kier molecular flexibility index (Phi) is 10.6. The molecule has 0 saturated carbocycles. The molecule has 11 nitrogen and oxygen atoms in total. The van der Waals surface area contributed by atoms with Crippen molar-refractivity contribution in [2.75, 3.05) is 26.5 Å². The number of carbonyl (C=O) groups is 3. The number of methoxy groups -OCH3 is 1. The molecule has 0 aliphatic carbocycles. The average molecular weight is 614 g/mol. The lowest BCUT2D eigenvalue weighted by Crippen LogP contribution is -2.44. The molecule has 2 N–H and O–H groups in total. The number of amides is 3. The first kappa shape index (κ1) is 32.0. The Hall–Kier alpha value is -4.47. The van der Waals surface area contributed by atoms with Gasteiger partial charge in [-0.25, -0.2) is 9.78 Å². The third kappa shape index (κ3) is 8.28. The lowest BCUT2D eigenvalue weighted by atomic mass is 10.1. The summed E-state index contributed by atoms with van der Waals surface area (Å²) in [5, 5.41) is 5.13. The van der Waals surface area contributed by atoms with Crippen molar-refractivity contribution in [1.82, 2.24) is 19.8 Å². The van der Waals surface area contributed by atoms with Crippen molar-refractivity contribution in [3.05, 3.63) is 64.0 Å². The Balaban J connectivity index is 1.78. The minimum atomic E-state index is -4.71. The Morgan fingerprint density at radius 2 is 1.93 bits per heavy atom. The van der Waals surface area contributed by atoms with Crippen LogP contribution in [0.4, 0.5) is 28.0 Å². The van der Waals surface area contributed by atoms with Crippen molar-refractivity contribution in [2.45, 2.75) is 38.0 Å². The van der Waals surface area contributed by atoms with E-state index in [1.165, 1.54) is 46.0 Å². The summed E-state index contributed by atoms with van der Waals surface area (Å²) in [6, 6.07) is 5.61. The predicted octanol–water partition coefficient (Wildman–Crippen LogP) is 3.83. The van der Waals surface area contributed by atoms with E-state index in [4.69, 9.17) is 0 Å². The fourth-order valence-corrected chi connectivity index (χ4v) is 4.51. The highest BCUT2D eigenvalue weighted by Gasteiger charge is 2.44. The molecular weight excluding hydrogens is 586 g/mol. The van der Waals surface area contributed by atoms with Crippen molar-refractivity contribution in [1.29, 1.82) is 0 Å². The van der Waals surface area contributed by atoms with Crippen LogP contribution in [0.5, 0.6) is 5.75 Å². The van der Waals surface area contributed by atoms with Gasteiger partial charge in [0.15, 0.2) is 0 Å². The summed E-state index contributed by atoms with van der Waals surface area (Å²) in [6.07, 6.45) is -5.02. The van der Waals surface area contributed by atoms with E-state index >= 15 is 0 Å². The number of aromatic nitrogens is 2. The molecule has 3 aromatic rings. The smallest absolute Gasteiger partial charge is 0.453 e. The lowest BCUT2D eigenvalue weighted by Gasteiger charge is -2.17. The highest BCUT2D eigenvalue weighted by Crippen LogP contribution is 2.36. The number of nitrogens with one attached hydrogen (secondary N) is 2. The van der Waals surface area contributed by atoms with Gasteiger partial charge in [-0.05, 0) is 43.2 Å². The van der Waals surface area contributed by atoms with Crippen LogP contribution in [0, 0.1) is 0 Å². The summed E-state index contributed by atoms with van der Waals surface area (Å²) in [7, 11) is 4.28. The second-order valence-electron chi connectivity index (χ2n) is 8.92. The van der Waals surface area contributed by atoms with Crippen LogP contribution >= 0.6 is 11.3 Å². The van der Waals surface area contributed by atoms with Crippen LogP contribution in [0.15, 0.2) is 53.5 Å². The zero-order valence-corrected chi connectivity index (χ0v) is 23.4. The number of allylic oxidation sites excluding steroid dienone is 1. The standard InChI is InChI=1S/C26H27F4N5O6S/c1-34(2)20(36)12-5-4-8-16(33-25(39)40-3)22(37)32-17-10-7-13-35(23(17)38)14-19-31-15-9-6-11-18(21(15)42-19)41-26(29,30)24(27)28/h5-7,9-13,16,24H,4,8,14H2,1-3H3,(H,32,37)(H,33,39). The zero-order valence-electron chi connectivity index (χ0n) is 22.6. The summed E-state index contributed by atoms with van der Waals surface area (Å²) in [6.45, 7) is -0.138. The number of alkyl halides is 4. The lowest BCUT2D eigenvalue weighted by molar-refractivity contribution is -0.252. The van der Waals surface area contributed by atoms with Gasteiger partial charge in [0.25, 0.3) is 5.56 Å². The summed E-state index contributed by atoms with van der Waals surface area (Å²) < 4.78 is 62.3. The number of nitrogens with zero attached hydrogens (tertiary/aromatic N) is 3. The number of rotatable bonds is 12. The first-order chi connectivity index (χ1) is 19.8. The van der Waals surface area contributed by atoms with Crippen molar-refractivity contribution in [3.8, 4) is 5.75 Å². The zero-order chi connectivity index (χ0) is 31.0. The minimum absolute atomic E-state index is 0.0832. The number of hydrogen-bond acceptors (Lipinski definition) is 8. The Morgan fingerprint density at radius 1 is 1.19 bits per heavy atom. The number of pyridine rings is 1. The summed E-state index contributed by atoms with van der Waals surface area (Å²) >= 11 is 0.872. The van der Waals surface area contributed by atoms with Gasteiger partial charge in [0.1, 0.15) is 22.5 Å². The molecule has 2 aromatic heterocycles. The van der Waals surface area contributed by atoms with Gasteiger partial charge in [-0.15, -0.1) is 11.3 Å². The number of hydrogen-bond donors (Lipinski definition) is 2. The fourth-order valence-electron chi connectivity index (χ4n) is 3.50. The molecule has 0 fully saturated rings. The molecule has 42 heavy (non-hydrogen) atoms. The number of alkyl carbamates (subject to hydrolysis) is 1. The Morgan fingerprint density at radius 3 is 2.60 bits per heavy atom. The number of benzene rings is 1. The SMILES string of the molecule is COC(=O)NC(CCC=CC(=O)N(C)C)C(=O)Nc1cccn(Cc2nc3cccc(OC(F)(F)C(F)F)c3s2)c1=O. The molecule has 3 rings (SSSR count). The molecule has 226 valence electrons. The fraction of sp³-hybridized carbons (Fsp3) is 0.346. The quantitative estimate of drug-likeness (QED) is 0.235. The number of carbonyl (C=O) groups excluding carboxylic acids is 3. The van der Waals surface area contributed by atoms with E-state index < -0.39 is 41.9 Å². The van der Waals surface area contributed by atoms with Crippen LogP contribution in [0.3, 0.4) is 0 Å². The van der Waals surface area contributed by atoms with E-state index in [2.05, 4.69) is 25.1 Å². The first-order valence-corrected chi connectivity index (χ1v) is 13.1. The molecule has 16 heteroatoms. The van der Waals surface area contributed by atoms with Gasteiger partial charge in [-0.2, -0.15) is 17.6 Å². The minimum Gasteiger partial charge on any atom is -0.453 e. The van der Waals surface area contributed by atoms with E-state index in [-0.39, 0.29) is 46.2 Å². The number of likely N-dealkylation sites (N-methyl/N-ethyl adjacent to an activating group) is 1. The number of ether oxygens (including phenoxy) is 2. The normalized spacial score (nSPS) is 12.4. The Bertz CT molecular complexity index is 1520. The van der Waals surface area contributed by atoms with Gasteiger partial charge in [-0.3, -0.25) is 14.4 Å². The second kappa shape index (κ2) is 13.9. The van der Waals surface area contributed by atoms with E-state index in [0.717, 1.165) is 24.5 Å². The van der Waals surface area contributed by atoms with Crippen molar-refractivity contribution in [2.24, 2.45) is 0 Å². The van der Waals surface area contributed by atoms with E-state index in [9.17, 15) is 36.7 Å². The molecular formula is C26H27F4N5O6S. The molecule has 0 bridgehead atoms. The molecule has 0 radical (unpaired) electrons. The molecule has 0 saturated heterocycles. The maximum absolute atomic E-state index is 13.5. The van der Waals surface area contributed by atoms with E-state index in [1.807, 2.05) is 0 Å². The van der Waals surface area contributed by atoms with Crippen molar-refractivity contribution < 1.29 is 41.4 Å². The average Bonchev–Trinajstić information content (AvgIpc) is 3.35. The molecule has 1 atom stereocenters. The molecule has 0 spiro atoms. The maximum Gasteiger partial charge on any atom is 0.461 e. The van der Waals surface area contributed by atoms with Crippen LogP contribution in [0.25, 0.3) is 10.2 Å². The number of thiazole rings is 1. The molecule has 0 aliphatic rings. The highest BCUT2D eigenvalue weighted by atomic mass is 32.1. The number of fused-ring (bicyclic) bond motifs is 1. The van der Waals surface area contributed by atoms with Crippen LogP contribution < -0.4 is 20.9 Å². The van der Waals surface area contributed by atoms with Gasteiger partial charge in [0.2, 0.25) is 11.8 Å². The van der Waals surface area contributed by atoms with E-state index in [1.54, 1.807) is 20.2 Å². The van der Waals surface area contributed by atoms with E-state index in [0.29, 0.717) is 0 Å². The molecule has 3 amide bonds. The summed E-state index contributed by atoms with van der Waals surface area (Å²) in [5.41, 5.74) is -0.563. The van der Waals surface area contributed by atoms with Crippen LogP contribution in [0.1, 0.15) is 17.8 Å². The topological polar surface area (TPSA) is 132 Å².